The second-order valence-electron chi connectivity index (χ2n) is 17.0. The van der Waals surface area contributed by atoms with E-state index in [2.05, 4.69) is 114 Å². The molecule has 266 valence electrons. The van der Waals surface area contributed by atoms with E-state index >= 15 is 0 Å². The summed E-state index contributed by atoms with van der Waals surface area (Å²) in [5, 5.41) is 11.0. The Kier molecular flexibility index (Phi) is 14.0. The topological polar surface area (TPSA) is 84.5 Å². The van der Waals surface area contributed by atoms with Crippen LogP contribution in [0.15, 0.2) is 0 Å². The van der Waals surface area contributed by atoms with Crippen LogP contribution in [0.4, 0.5) is 17.8 Å². The largest absolute Gasteiger partial charge is 0.341 e. The molecule has 46 heavy (non-hydrogen) atoms. The Hall–Kier alpha value is -1.71. The summed E-state index contributed by atoms with van der Waals surface area (Å²) in [6, 6.07) is 0.705. The number of hydrogen-bond donors (Lipinski definition) is 3. The van der Waals surface area contributed by atoms with Crippen LogP contribution in [0.5, 0.6) is 0 Å². The number of hydrogen-bond acceptors (Lipinski definition) is 9. The highest BCUT2D eigenvalue weighted by atomic mass is 15.4. The van der Waals surface area contributed by atoms with Crippen LogP contribution >= 0.6 is 0 Å². The highest BCUT2D eigenvalue weighted by molar-refractivity contribution is 5.47. The highest BCUT2D eigenvalue weighted by Gasteiger charge is 2.46. The predicted molar refractivity (Wildman–Crippen MR) is 198 cm³/mol. The summed E-state index contributed by atoms with van der Waals surface area (Å²) < 4.78 is 0. The van der Waals surface area contributed by atoms with Crippen molar-refractivity contribution < 1.29 is 0 Å². The van der Waals surface area contributed by atoms with Crippen LogP contribution in [0.2, 0.25) is 0 Å². The number of nitrogens with one attached hydrogen (secondary N) is 3. The third kappa shape index (κ3) is 10.9. The average molecular weight is 644 g/mol. The summed E-state index contributed by atoms with van der Waals surface area (Å²) in [6.07, 6.45) is 13.8. The minimum atomic E-state index is 0.0357. The number of aromatic nitrogens is 3. The van der Waals surface area contributed by atoms with Crippen LogP contribution < -0.4 is 25.8 Å². The van der Waals surface area contributed by atoms with Crippen molar-refractivity contribution in [2.24, 2.45) is 0 Å². The van der Waals surface area contributed by atoms with E-state index in [1.165, 1.54) is 25.7 Å². The number of nitrogens with zero attached hydrogens (tertiary/aromatic N) is 6. The number of likely N-dealkylation sites (tertiary alicyclic amines) is 1. The molecule has 2 saturated heterocycles. The normalized spacial score (nSPS) is 21.3. The van der Waals surface area contributed by atoms with E-state index in [-0.39, 0.29) is 22.2 Å². The maximum atomic E-state index is 5.41. The van der Waals surface area contributed by atoms with Gasteiger partial charge in [0.15, 0.2) is 0 Å². The van der Waals surface area contributed by atoms with E-state index < -0.39 is 0 Å². The fourth-order valence-corrected chi connectivity index (χ4v) is 8.17. The molecule has 2 fully saturated rings. The molecular formula is C37H73N9. The first-order valence-electron chi connectivity index (χ1n) is 18.8. The monoisotopic (exact) mass is 644 g/mol. The highest BCUT2D eigenvalue weighted by Crippen LogP contribution is 2.40. The molecule has 9 heteroatoms. The minimum Gasteiger partial charge on any atom is -0.341 e. The molecule has 0 unspecified atom stereocenters. The van der Waals surface area contributed by atoms with Crippen molar-refractivity contribution in [2.75, 3.05) is 48.5 Å². The molecule has 0 radical (unpaired) electrons. The molecule has 2 aliphatic heterocycles. The third-order valence-corrected chi connectivity index (χ3v) is 10.5. The Bertz CT molecular complexity index is 1020. The Balaban J connectivity index is 2.04. The molecule has 0 aliphatic carbocycles. The molecule has 3 rings (SSSR count). The number of rotatable bonds is 18. The summed E-state index contributed by atoms with van der Waals surface area (Å²) >= 11 is 0. The van der Waals surface area contributed by atoms with Crippen molar-refractivity contribution in [1.82, 2.24) is 30.5 Å². The number of unbranched alkanes of at least 4 members (excludes halogenated alkanes) is 5. The molecule has 0 aromatic carbocycles. The molecule has 1 aromatic rings. The lowest BCUT2D eigenvalue weighted by atomic mass is 9.77. The summed E-state index contributed by atoms with van der Waals surface area (Å²) in [7, 11) is 2.29. The fourth-order valence-electron chi connectivity index (χ4n) is 8.17. The van der Waals surface area contributed by atoms with Gasteiger partial charge in [-0.15, -0.1) is 0 Å². The quantitative estimate of drug-likeness (QED) is 0.111. The predicted octanol–water partition coefficient (Wildman–Crippen LogP) is 7.58. The van der Waals surface area contributed by atoms with Crippen molar-refractivity contribution in [3.05, 3.63) is 0 Å². The van der Waals surface area contributed by atoms with Crippen LogP contribution in [0.25, 0.3) is 0 Å². The number of piperidine rings is 2. The van der Waals surface area contributed by atoms with Crippen LogP contribution in [0, 0.1) is 0 Å². The second-order valence-corrected chi connectivity index (χ2v) is 17.0. The van der Waals surface area contributed by atoms with Crippen molar-refractivity contribution in [2.45, 2.75) is 187 Å². The lowest BCUT2D eigenvalue weighted by molar-refractivity contribution is -0.0129. The van der Waals surface area contributed by atoms with Gasteiger partial charge in [-0.05, 0) is 114 Å². The summed E-state index contributed by atoms with van der Waals surface area (Å²) in [4.78, 5) is 23.4. The molecule has 3 heterocycles. The Morgan fingerprint density at radius 1 is 0.674 bits per heavy atom. The van der Waals surface area contributed by atoms with Gasteiger partial charge in [0.1, 0.15) is 0 Å². The molecular weight excluding hydrogens is 570 g/mol. The molecule has 0 spiro atoms. The summed E-state index contributed by atoms with van der Waals surface area (Å²) in [5.41, 5.74) is 0.228. The lowest BCUT2D eigenvalue weighted by Crippen LogP contribution is -2.63. The lowest BCUT2D eigenvalue weighted by Gasteiger charge is -2.55. The fraction of sp³-hybridized carbons (Fsp3) is 0.919. The zero-order valence-corrected chi connectivity index (χ0v) is 32.2. The zero-order valence-electron chi connectivity index (χ0n) is 32.2. The molecule has 0 bridgehead atoms. The van der Waals surface area contributed by atoms with Gasteiger partial charge in [0.05, 0.1) is 6.67 Å². The molecule has 0 atom stereocenters. The first kappa shape index (κ1) is 38.7. The van der Waals surface area contributed by atoms with E-state index in [9.17, 15) is 0 Å². The van der Waals surface area contributed by atoms with Crippen molar-refractivity contribution >= 4 is 17.8 Å². The van der Waals surface area contributed by atoms with Gasteiger partial charge in [-0.1, -0.05) is 52.9 Å². The SMILES string of the molecule is CCCCCCNCNc1nc(N(CCCC)C2CC(C)(C)NC(C)(C)C2)nc(N(CCCC)C2CC(C)(C)N(C)C(C)(C)C2)n1. The Morgan fingerprint density at radius 3 is 1.63 bits per heavy atom. The molecule has 3 N–H and O–H groups in total. The van der Waals surface area contributed by atoms with Crippen molar-refractivity contribution in [1.29, 1.82) is 0 Å². The van der Waals surface area contributed by atoms with Gasteiger partial charge in [0.2, 0.25) is 17.8 Å². The van der Waals surface area contributed by atoms with Gasteiger partial charge in [-0.3, -0.25) is 10.2 Å². The van der Waals surface area contributed by atoms with Gasteiger partial charge in [0.25, 0.3) is 0 Å². The molecule has 9 nitrogen and oxygen atoms in total. The summed E-state index contributed by atoms with van der Waals surface area (Å²) in [6.45, 7) is 29.3. The van der Waals surface area contributed by atoms with Crippen LogP contribution in [-0.2, 0) is 0 Å². The van der Waals surface area contributed by atoms with Gasteiger partial charge in [-0.25, -0.2) is 0 Å². The van der Waals surface area contributed by atoms with E-state index in [4.69, 9.17) is 15.0 Å². The first-order chi connectivity index (χ1) is 21.5. The zero-order chi connectivity index (χ0) is 34.2. The second kappa shape index (κ2) is 16.6. The number of anilines is 3. The van der Waals surface area contributed by atoms with Gasteiger partial charge in [0, 0.05) is 47.3 Å². The molecule has 1 aromatic heterocycles. The first-order valence-corrected chi connectivity index (χ1v) is 18.8. The van der Waals surface area contributed by atoms with Gasteiger partial charge in [-0.2, -0.15) is 15.0 Å². The van der Waals surface area contributed by atoms with Gasteiger partial charge >= 0.3 is 0 Å². The Morgan fingerprint density at radius 2 is 1.15 bits per heavy atom. The van der Waals surface area contributed by atoms with Crippen molar-refractivity contribution in [3.63, 3.8) is 0 Å². The smallest absolute Gasteiger partial charge is 0.232 e. The van der Waals surface area contributed by atoms with Crippen LogP contribution in [-0.4, -0.2) is 87.4 Å². The average Bonchev–Trinajstić information content (AvgIpc) is 2.94. The molecule has 2 aliphatic rings. The van der Waals surface area contributed by atoms with Crippen LogP contribution in [0.3, 0.4) is 0 Å². The van der Waals surface area contributed by atoms with E-state index in [0.29, 0.717) is 24.7 Å². The minimum absolute atomic E-state index is 0.0357. The summed E-state index contributed by atoms with van der Waals surface area (Å²) in [5.74, 6) is 2.34. The Labute approximate surface area is 283 Å². The standard InChI is InChI=1S/C37H73N9/c1-13-16-19-20-21-38-28-39-31-40-32(45(22-17-14-2)29-24-34(4,5)43-35(6,7)25-29)42-33(41-31)46(23-18-15-3)30-26-36(8,9)44(12)37(10,11)27-30/h29-30,38,43H,13-28H2,1-12H3,(H,39,40,41,42). The van der Waals surface area contributed by atoms with Crippen LogP contribution in [0.1, 0.15) is 153 Å². The van der Waals surface area contributed by atoms with Crippen molar-refractivity contribution in [3.8, 4) is 0 Å². The van der Waals surface area contributed by atoms with E-state index in [0.717, 1.165) is 82.9 Å². The molecule has 0 amide bonds. The molecule has 0 saturated carbocycles. The third-order valence-electron chi connectivity index (χ3n) is 10.5. The van der Waals surface area contributed by atoms with E-state index in [1.807, 2.05) is 0 Å². The van der Waals surface area contributed by atoms with E-state index in [1.54, 1.807) is 0 Å². The van der Waals surface area contributed by atoms with Gasteiger partial charge < -0.3 is 20.4 Å². The maximum Gasteiger partial charge on any atom is 0.232 e. The maximum absolute atomic E-state index is 5.41.